The maximum Gasteiger partial charge on any atom is 0.349 e. The van der Waals surface area contributed by atoms with E-state index in [1.54, 1.807) is 18.4 Å². The van der Waals surface area contributed by atoms with Gasteiger partial charge < -0.3 is 10.1 Å². The van der Waals surface area contributed by atoms with Crippen molar-refractivity contribution in [2.45, 2.75) is 20.0 Å². The Bertz CT molecular complexity index is 469. The van der Waals surface area contributed by atoms with Crippen LogP contribution in [0.5, 0.6) is 0 Å². The topological polar surface area (TPSA) is 84.5 Å². The van der Waals surface area contributed by atoms with Crippen LogP contribution in [0.4, 0.5) is 4.79 Å². The highest BCUT2D eigenvalue weighted by Crippen LogP contribution is 2.17. The Kier molecular flexibility index (Phi) is 4.85. The molecule has 98 valence electrons. The molecular weight excluding hydrogens is 256 g/mol. The van der Waals surface area contributed by atoms with E-state index in [0.29, 0.717) is 4.88 Å². The first-order valence-electron chi connectivity index (χ1n) is 5.23. The van der Waals surface area contributed by atoms with Gasteiger partial charge in [0, 0.05) is 7.05 Å². The monoisotopic (exact) mass is 270 g/mol. The minimum absolute atomic E-state index is 0.453. The van der Waals surface area contributed by atoms with Gasteiger partial charge in [0.05, 0.1) is 0 Å². The summed E-state index contributed by atoms with van der Waals surface area (Å²) in [5.41, 5.74) is 0.795. The predicted octanol–water partition coefficient (Wildman–Crippen LogP) is 1.06. The highest BCUT2D eigenvalue weighted by atomic mass is 32.1. The number of thiophene rings is 1. The molecule has 0 spiro atoms. The van der Waals surface area contributed by atoms with Crippen LogP contribution in [0.15, 0.2) is 11.4 Å². The lowest BCUT2D eigenvalue weighted by Gasteiger charge is -2.12. The maximum absolute atomic E-state index is 11.7. The Morgan fingerprint density at radius 3 is 2.56 bits per heavy atom. The summed E-state index contributed by atoms with van der Waals surface area (Å²) in [7, 11) is 1.38. The number of esters is 1. The average Bonchev–Trinajstić information content (AvgIpc) is 2.75. The largest absolute Gasteiger partial charge is 0.448 e. The second kappa shape index (κ2) is 6.15. The van der Waals surface area contributed by atoms with E-state index in [4.69, 9.17) is 4.74 Å². The molecule has 2 N–H and O–H groups in total. The summed E-state index contributed by atoms with van der Waals surface area (Å²) >= 11 is 1.24. The molecule has 3 amide bonds. The molecule has 1 aromatic rings. The van der Waals surface area contributed by atoms with E-state index in [1.807, 2.05) is 5.32 Å². The van der Waals surface area contributed by atoms with Gasteiger partial charge in [-0.15, -0.1) is 11.3 Å². The number of carbonyl (C=O) groups excluding carboxylic acids is 3. The lowest BCUT2D eigenvalue weighted by Crippen LogP contribution is -2.43. The van der Waals surface area contributed by atoms with Crippen LogP contribution < -0.4 is 10.6 Å². The van der Waals surface area contributed by atoms with Gasteiger partial charge >= 0.3 is 12.0 Å². The van der Waals surface area contributed by atoms with Gasteiger partial charge in [-0.3, -0.25) is 10.1 Å². The third-order valence-corrected chi connectivity index (χ3v) is 3.16. The fraction of sp³-hybridized carbons (Fsp3) is 0.364. The van der Waals surface area contributed by atoms with Crippen LogP contribution in [-0.4, -0.2) is 31.1 Å². The predicted molar refractivity (Wildman–Crippen MR) is 66.5 cm³/mol. The maximum atomic E-state index is 11.7. The molecule has 0 saturated heterocycles. The molecule has 1 atom stereocenters. The summed E-state index contributed by atoms with van der Waals surface area (Å²) in [6.45, 7) is 3.18. The number of amides is 3. The molecule has 18 heavy (non-hydrogen) atoms. The molecule has 0 aromatic carbocycles. The van der Waals surface area contributed by atoms with Gasteiger partial charge in [0.2, 0.25) is 0 Å². The molecule has 0 radical (unpaired) electrons. The number of urea groups is 1. The number of hydrogen-bond donors (Lipinski definition) is 2. The second-order valence-electron chi connectivity index (χ2n) is 3.55. The Labute approximate surface area is 108 Å². The molecule has 6 nitrogen and oxygen atoms in total. The molecule has 7 heteroatoms. The smallest absolute Gasteiger partial charge is 0.349 e. The van der Waals surface area contributed by atoms with Crippen molar-refractivity contribution in [2.24, 2.45) is 0 Å². The third-order valence-electron chi connectivity index (χ3n) is 2.16. The SMILES string of the molecule is CNC(=O)NC(=O)[C@@H](C)OC(=O)c1sccc1C. The zero-order chi connectivity index (χ0) is 13.7. The minimum atomic E-state index is -1.03. The Balaban J connectivity index is 2.57. The molecule has 0 aliphatic carbocycles. The molecule has 1 heterocycles. The second-order valence-corrected chi connectivity index (χ2v) is 4.46. The van der Waals surface area contributed by atoms with Gasteiger partial charge in [0.25, 0.3) is 5.91 Å². The van der Waals surface area contributed by atoms with Gasteiger partial charge in [-0.1, -0.05) is 0 Å². The van der Waals surface area contributed by atoms with Crippen LogP contribution in [0.25, 0.3) is 0 Å². The highest BCUT2D eigenvalue weighted by Gasteiger charge is 2.21. The minimum Gasteiger partial charge on any atom is -0.448 e. The number of aryl methyl sites for hydroxylation is 1. The van der Waals surface area contributed by atoms with Crippen LogP contribution in [0, 0.1) is 6.92 Å². The number of rotatable bonds is 3. The van der Waals surface area contributed by atoms with E-state index in [2.05, 4.69) is 5.32 Å². The summed E-state index contributed by atoms with van der Waals surface area (Å²) in [6, 6.07) is 1.14. The number of hydrogen-bond acceptors (Lipinski definition) is 5. The fourth-order valence-corrected chi connectivity index (χ4v) is 1.93. The lowest BCUT2D eigenvalue weighted by atomic mass is 10.3. The van der Waals surface area contributed by atoms with E-state index in [0.717, 1.165) is 5.56 Å². The van der Waals surface area contributed by atoms with Crippen molar-refractivity contribution >= 4 is 29.2 Å². The van der Waals surface area contributed by atoms with E-state index < -0.39 is 24.0 Å². The van der Waals surface area contributed by atoms with Crippen molar-refractivity contribution < 1.29 is 19.1 Å². The summed E-state index contributed by atoms with van der Waals surface area (Å²) in [5, 5.41) is 6.03. The summed E-state index contributed by atoms with van der Waals surface area (Å²) in [5.74, 6) is -1.24. The quantitative estimate of drug-likeness (QED) is 0.804. The molecule has 0 unspecified atom stereocenters. The standard InChI is InChI=1S/C11H14N2O4S/c1-6-4-5-18-8(6)10(15)17-7(2)9(14)13-11(16)12-3/h4-5,7H,1-3H3,(H2,12,13,14,16)/t7-/m1/s1. The molecule has 0 saturated carbocycles. The van der Waals surface area contributed by atoms with Crippen LogP contribution in [0.3, 0.4) is 0 Å². The zero-order valence-corrected chi connectivity index (χ0v) is 11.1. The van der Waals surface area contributed by atoms with Gasteiger partial charge in [0.1, 0.15) is 4.88 Å². The first-order valence-corrected chi connectivity index (χ1v) is 6.11. The Morgan fingerprint density at radius 1 is 1.39 bits per heavy atom. The lowest BCUT2D eigenvalue weighted by molar-refractivity contribution is -0.127. The average molecular weight is 270 g/mol. The van der Waals surface area contributed by atoms with Crippen LogP contribution in [0.1, 0.15) is 22.2 Å². The summed E-state index contributed by atoms with van der Waals surface area (Å²) < 4.78 is 4.96. The molecule has 0 aliphatic rings. The number of nitrogens with one attached hydrogen (secondary N) is 2. The van der Waals surface area contributed by atoms with Crippen molar-refractivity contribution in [2.75, 3.05) is 7.05 Å². The van der Waals surface area contributed by atoms with Crippen molar-refractivity contribution in [3.63, 3.8) is 0 Å². The summed E-state index contributed by atoms with van der Waals surface area (Å²) in [6.07, 6.45) is -1.03. The molecule has 1 aromatic heterocycles. The van der Waals surface area contributed by atoms with Gasteiger partial charge in [-0.25, -0.2) is 9.59 Å². The van der Waals surface area contributed by atoms with Crippen LogP contribution in [-0.2, 0) is 9.53 Å². The Morgan fingerprint density at radius 2 is 2.06 bits per heavy atom. The molecule has 1 rings (SSSR count). The fourth-order valence-electron chi connectivity index (χ4n) is 1.13. The van der Waals surface area contributed by atoms with Crippen LogP contribution >= 0.6 is 11.3 Å². The van der Waals surface area contributed by atoms with E-state index >= 15 is 0 Å². The first-order chi connectivity index (χ1) is 8.45. The van der Waals surface area contributed by atoms with Crippen molar-refractivity contribution in [1.82, 2.24) is 10.6 Å². The van der Waals surface area contributed by atoms with E-state index in [-0.39, 0.29) is 0 Å². The third kappa shape index (κ3) is 3.56. The molecule has 0 bridgehead atoms. The normalized spacial score (nSPS) is 11.5. The highest BCUT2D eigenvalue weighted by molar-refractivity contribution is 7.12. The summed E-state index contributed by atoms with van der Waals surface area (Å²) in [4.78, 5) is 34.5. The van der Waals surface area contributed by atoms with Crippen molar-refractivity contribution in [1.29, 1.82) is 0 Å². The molecule has 0 fully saturated rings. The van der Waals surface area contributed by atoms with E-state index in [9.17, 15) is 14.4 Å². The molecule has 0 aliphatic heterocycles. The van der Waals surface area contributed by atoms with Gasteiger partial charge in [0.15, 0.2) is 6.10 Å². The Hall–Kier alpha value is -1.89. The van der Waals surface area contributed by atoms with Crippen LogP contribution in [0.2, 0.25) is 0 Å². The zero-order valence-electron chi connectivity index (χ0n) is 10.3. The van der Waals surface area contributed by atoms with Gasteiger partial charge in [-0.05, 0) is 30.9 Å². The number of ether oxygens (including phenoxy) is 1. The van der Waals surface area contributed by atoms with Crippen molar-refractivity contribution in [3.8, 4) is 0 Å². The number of imide groups is 1. The van der Waals surface area contributed by atoms with E-state index in [1.165, 1.54) is 25.3 Å². The first kappa shape index (κ1) is 14.2. The van der Waals surface area contributed by atoms with Gasteiger partial charge in [-0.2, -0.15) is 0 Å². The number of carbonyl (C=O) groups is 3. The van der Waals surface area contributed by atoms with Crippen molar-refractivity contribution in [3.05, 3.63) is 21.9 Å². The molecular formula is C11H14N2O4S.